The molecule has 0 unspecified atom stereocenters. The van der Waals surface area contributed by atoms with Gasteiger partial charge in [-0.05, 0) is 42.7 Å². The molecular formula is C17H22N2O. The number of aryl methyl sites for hydroxylation is 1. The number of nitrogens with zero attached hydrogens (tertiary/aromatic N) is 1. The average Bonchev–Trinajstić information content (AvgIpc) is 2.49. The summed E-state index contributed by atoms with van der Waals surface area (Å²) in [7, 11) is 1.96. The van der Waals surface area contributed by atoms with Crippen LogP contribution in [0.25, 0.3) is 11.1 Å². The quantitative estimate of drug-likeness (QED) is 0.856. The summed E-state index contributed by atoms with van der Waals surface area (Å²) in [5.74, 6) is 0.678. The number of hydrogen-bond acceptors (Lipinski definition) is 3. The Balaban J connectivity index is 2.29. The predicted octanol–water partition coefficient (Wildman–Crippen LogP) is 4.14. The van der Waals surface area contributed by atoms with E-state index < -0.39 is 0 Å². The van der Waals surface area contributed by atoms with Gasteiger partial charge in [0, 0.05) is 30.6 Å². The van der Waals surface area contributed by atoms with Crippen molar-refractivity contribution in [2.24, 2.45) is 0 Å². The van der Waals surface area contributed by atoms with Crippen LogP contribution < -0.4 is 10.1 Å². The Kier molecular flexibility index (Phi) is 4.99. The number of nitrogens with one attached hydrogen (secondary N) is 1. The van der Waals surface area contributed by atoms with Crippen LogP contribution in [0.15, 0.2) is 36.5 Å². The summed E-state index contributed by atoms with van der Waals surface area (Å²) in [4.78, 5) is 4.33. The molecule has 2 rings (SSSR count). The summed E-state index contributed by atoms with van der Waals surface area (Å²) in [6.45, 7) is 4.80. The lowest BCUT2D eigenvalue weighted by molar-refractivity contribution is 0.327. The monoisotopic (exact) mass is 270 g/mol. The zero-order valence-electron chi connectivity index (χ0n) is 12.4. The molecule has 0 aliphatic carbocycles. The fourth-order valence-corrected chi connectivity index (χ4v) is 2.28. The number of aromatic nitrogens is 1. The van der Waals surface area contributed by atoms with E-state index in [1.165, 1.54) is 16.8 Å². The molecule has 0 fully saturated rings. The Morgan fingerprint density at radius 2 is 1.90 bits per heavy atom. The largest absolute Gasteiger partial charge is 0.478 e. The van der Waals surface area contributed by atoms with E-state index >= 15 is 0 Å². The van der Waals surface area contributed by atoms with Crippen molar-refractivity contribution in [2.45, 2.75) is 26.7 Å². The van der Waals surface area contributed by atoms with Crippen LogP contribution in [0.2, 0.25) is 0 Å². The van der Waals surface area contributed by atoms with Gasteiger partial charge in [-0.3, -0.25) is 0 Å². The van der Waals surface area contributed by atoms with Crippen molar-refractivity contribution >= 4 is 5.69 Å². The number of pyridine rings is 1. The van der Waals surface area contributed by atoms with Gasteiger partial charge in [0.25, 0.3) is 0 Å². The van der Waals surface area contributed by atoms with Crippen LogP contribution in [0.5, 0.6) is 5.88 Å². The Bertz CT molecular complexity index is 549. The van der Waals surface area contributed by atoms with Crippen molar-refractivity contribution in [3.8, 4) is 17.0 Å². The summed E-state index contributed by atoms with van der Waals surface area (Å²) in [5.41, 5.74) is 4.87. The van der Waals surface area contributed by atoms with Gasteiger partial charge >= 0.3 is 0 Å². The summed E-state index contributed by atoms with van der Waals surface area (Å²) in [5, 5.41) is 3.25. The molecule has 3 heteroatoms. The van der Waals surface area contributed by atoms with Crippen LogP contribution in [-0.2, 0) is 6.42 Å². The minimum absolute atomic E-state index is 0.643. The Morgan fingerprint density at radius 3 is 2.50 bits per heavy atom. The second-order valence-corrected chi connectivity index (χ2v) is 4.69. The molecule has 1 aromatic heterocycles. The van der Waals surface area contributed by atoms with Gasteiger partial charge in [-0.2, -0.15) is 0 Å². The fraction of sp³-hybridized carbons (Fsp3) is 0.353. The molecule has 0 radical (unpaired) electrons. The van der Waals surface area contributed by atoms with Crippen molar-refractivity contribution in [3.05, 3.63) is 42.1 Å². The molecule has 2 aromatic rings. The van der Waals surface area contributed by atoms with Crippen LogP contribution in [-0.4, -0.2) is 18.6 Å². The van der Waals surface area contributed by atoms with Crippen LogP contribution in [0.4, 0.5) is 5.69 Å². The summed E-state index contributed by atoms with van der Waals surface area (Å²) in [6, 6.07) is 10.5. The minimum Gasteiger partial charge on any atom is -0.478 e. The van der Waals surface area contributed by atoms with Crippen LogP contribution >= 0.6 is 0 Å². The highest BCUT2D eigenvalue weighted by Gasteiger charge is 2.05. The normalized spacial score (nSPS) is 10.3. The first-order valence-corrected chi connectivity index (χ1v) is 7.18. The standard InChI is InChI=1S/C17H22N2O/c1-4-6-14-11-13(7-9-16(14)18-3)15-8-10-17(19-12-15)20-5-2/h7-12,18H,4-6H2,1-3H3. The molecule has 20 heavy (non-hydrogen) atoms. The maximum atomic E-state index is 5.37. The lowest BCUT2D eigenvalue weighted by atomic mass is 10.0. The fourth-order valence-electron chi connectivity index (χ4n) is 2.28. The topological polar surface area (TPSA) is 34.1 Å². The number of hydrogen-bond donors (Lipinski definition) is 1. The summed E-state index contributed by atoms with van der Waals surface area (Å²) in [6.07, 6.45) is 4.09. The zero-order chi connectivity index (χ0) is 14.4. The zero-order valence-corrected chi connectivity index (χ0v) is 12.4. The van der Waals surface area contributed by atoms with Gasteiger partial charge < -0.3 is 10.1 Å². The number of benzene rings is 1. The van der Waals surface area contributed by atoms with Gasteiger partial charge in [0.1, 0.15) is 0 Å². The van der Waals surface area contributed by atoms with Crippen molar-refractivity contribution in [1.29, 1.82) is 0 Å². The molecule has 0 bridgehead atoms. The van der Waals surface area contributed by atoms with Crippen molar-refractivity contribution in [2.75, 3.05) is 19.0 Å². The molecule has 1 aromatic carbocycles. The lowest BCUT2D eigenvalue weighted by Gasteiger charge is -2.11. The first-order valence-electron chi connectivity index (χ1n) is 7.18. The first-order chi connectivity index (χ1) is 9.78. The second-order valence-electron chi connectivity index (χ2n) is 4.69. The highest BCUT2D eigenvalue weighted by molar-refractivity contribution is 5.68. The molecule has 1 heterocycles. The molecule has 0 amide bonds. The van der Waals surface area contributed by atoms with E-state index in [1.54, 1.807) is 0 Å². The lowest BCUT2D eigenvalue weighted by Crippen LogP contribution is -1.96. The number of anilines is 1. The van der Waals surface area contributed by atoms with Gasteiger partial charge in [-0.1, -0.05) is 19.4 Å². The van der Waals surface area contributed by atoms with Gasteiger partial charge in [0.15, 0.2) is 0 Å². The summed E-state index contributed by atoms with van der Waals surface area (Å²) < 4.78 is 5.37. The molecular weight excluding hydrogens is 248 g/mol. The van der Waals surface area contributed by atoms with Gasteiger partial charge in [0.2, 0.25) is 5.88 Å². The molecule has 1 N–H and O–H groups in total. The highest BCUT2D eigenvalue weighted by atomic mass is 16.5. The molecule has 0 atom stereocenters. The van der Waals surface area contributed by atoms with Crippen molar-refractivity contribution in [3.63, 3.8) is 0 Å². The Hall–Kier alpha value is -2.03. The number of rotatable bonds is 6. The Labute approximate surface area is 121 Å². The van der Waals surface area contributed by atoms with Gasteiger partial charge in [-0.25, -0.2) is 4.98 Å². The van der Waals surface area contributed by atoms with Gasteiger partial charge in [-0.15, -0.1) is 0 Å². The van der Waals surface area contributed by atoms with E-state index in [0.717, 1.165) is 18.4 Å². The van der Waals surface area contributed by atoms with Crippen molar-refractivity contribution < 1.29 is 4.74 Å². The summed E-state index contributed by atoms with van der Waals surface area (Å²) >= 11 is 0. The highest BCUT2D eigenvalue weighted by Crippen LogP contribution is 2.26. The van der Waals surface area contributed by atoms with Crippen molar-refractivity contribution in [1.82, 2.24) is 4.98 Å². The predicted molar refractivity (Wildman–Crippen MR) is 84.4 cm³/mol. The molecule has 0 aliphatic rings. The van der Waals surface area contributed by atoms with Gasteiger partial charge in [0.05, 0.1) is 6.61 Å². The van der Waals surface area contributed by atoms with E-state index in [2.05, 4.69) is 41.5 Å². The number of ether oxygens (including phenoxy) is 1. The van der Waals surface area contributed by atoms with Crippen LogP contribution in [0, 0.1) is 0 Å². The van der Waals surface area contributed by atoms with Crippen LogP contribution in [0.3, 0.4) is 0 Å². The van der Waals surface area contributed by atoms with E-state index in [0.29, 0.717) is 12.5 Å². The molecule has 0 spiro atoms. The van der Waals surface area contributed by atoms with E-state index in [1.807, 2.05) is 26.2 Å². The molecule has 106 valence electrons. The van der Waals surface area contributed by atoms with Crippen LogP contribution in [0.1, 0.15) is 25.8 Å². The van der Waals surface area contributed by atoms with E-state index in [-0.39, 0.29) is 0 Å². The minimum atomic E-state index is 0.643. The third-order valence-electron chi connectivity index (χ3n) is 3.26. The van der Waals surface area contributed by atoms with E-state index in [9.17, 15) is 0 Å². The van der Waals surface area contributed by atoms with E-state index in [4.69, 9.17) is 4.74 Å². The molecule has 0 saturated heterocycles. The first kappa shape index (κ1) is 14.4. The third-order valence-corrected chi connectivity index (χ3v) is 3.26. The molecule has 3 nitrogen and oxygen atoms in total. The third kappa shape index (κ3) is 3.29. The SMILES string of the molecule is CCCc1cc(-c2ccc(OCC)nc2)ccc1NC. The smallest absolute Gasteiger partial charge is 0.213 e. The molecule has 0 aliphatic heterocycles. The maximum absolute atomic E-state index is 5.37. The Morgan fingerprint density at radius 1 is 1.10 bits per heavy atom. The average molecular weight is 270 g/mol. The molecule has 0 saturated carbocycles. The second kappa shape index (κ2) is 6.94. The maximum Gasteiger partial charge on any atom is 0.213 e.